The molecular weight excluding hydrogens is 256 g/mol. The van der Waals surface area contributed by atoms with Gasteiger partial charge in [0.1, 0.15) is 0 Å². The number of allylic oxidation sites excluding steroid dienone is 1. The summed E-state index contributed by atoms with van der Waals surface area (Å²) in [5.74, 6) is -0.288. The van der Waals surface area contributed by atoms with E-state index in [-0.39, 0.29) is 17.8 Å². The van der Waals surface area contributed by atoms with E-state index in [2.05, 4.69) is 6.92 Å². The molecule has 2 aliphatic rings. The standard InChI is InChI=1S/C16H26O4/c1-10-5-6-13(11(2)15(17)19-4)14-9-20-16(3,18)8-7-12(10)14/h9-13,18H,5-8H2,1-4H3/t10-,11-,12+,13+,16?/m1/s1. The van der Waals surface area contributed by atoms with Gasteiger partial charge in [0.15, 0.2) is 0 Å². The quantitative estimate of drug-likeness (QED) is 0.791. The fourth-order valence-corrected chi connectivity index (χ4v) is 3.61. The van der Waals surface area contributed by atoms with Gasteiger partial charge < -0.3 is 14.6 Å². The van der Waals surface area contributed by atoms with Crippen molar-refractivity contribution >= 4 is 5.97 Å². The molecule has 0 amide bonds. The number of esters is 1. The summed E-state index contributed by atoms with van der Waals surface area (Å²) >= 11 is 0. The normalized spacial score (nSPS) is 38.9. The second kappa shape index (κ2) is 5.76. The van der Waals surface area contributed by atoms with Crippen LogP contribution >= 0.6 is 0 Å². The SMILES string of the molecule is COC(=O)[C@H](C)[C@@H]1CC[C@@H](C)[C@@H]2CCC(C)(O)OC=C21. The van der Waals surface area contributed by atoms with Crippen LogP contribution in [0.3, 0.4) is 0 Å². The van der Waals surface area contributed by atoms with Gasteiger partial charge in [-0.15, -0.1) is 0 Å². The van der Waals surface area contributed by atoms with Crippen molar-refractivity contribution in [1.29, 1.82) is 0 Å². The molecule has 0 aromatic heterocycles. The lowest BCUT2D eigenvalue weighted by molar-refractivity contribution is -0.155. The maximum Gasteiger partial charge on any atom is 0.308 e. The molecule has 5 atom stereocenters. The molecule has 0 aromatic carbocycles. The van der Waals surface area contributed by atoms with Crippen LogP contribution < -0.4 is 0 Å². The van der Waals surface area contributed by atoms with Crippen LogP contribution in [-0.2, 0) is 14.3 Å². The summed E-state index contributed by atoms with van der Waals surface area (Å²) in [7, 11) is 1.44. The Kier molecular flexibility index (Phi) is 4.43. The summed E-state index contributed by atoms with van der Waals surface area (Å²) < 4.78 is 10.4. The lowest BCUT2D eigenvalue weighted by Gasteiger charge is -2.38. The van der Waals surface area contributed by atoms with Crippen LogP contribution in [0.25, 0.3) is 0 Å². The van der Waals surface area contributed by atoms with Crippen LogP contribution in [0.1, 0.15) is 46.5 Å². The van der Waals surface area contributed by atoms with E-state index in [1.165, 1.54) is 12.7 Å². The minimum absolute atomic E-state index is 0.159. The van der Waals surface area contributed by atoms with Gasteiger partial charge in [0.05, 0.1) is 19.3 Å². The Hall–Kier alpha value is -1.03. The van der Waals surface area contributed by atoms with Crippen molar-refractivity contribution in [2.75, 3.05) is 7.11 Å². The predicted octanol–water partition coefficient (Wildman–Crippen LogP) is 2.86. The number of aliphatic hydroxyl groups is 1. The van der Waals surface area contributed by atoms with E-state index >= 15 is 0 Å². The maximum atomic E-state index is 11.8. The third-order valence-corrected chi connectivity index (χ3v) is 5.02. The first-order chi connectivity index (χ1) is 9.35. The average molecular weight is 282 g/mol. The summed E-state index contributed by atoms with van der Waals surface area (Å²) in [6, 6.07) is 0. The molecule has 1 N–H and O–H groups in total. The molecule has 1 fully saturated rings. The second-order valence-electron chi connectivity index (χ2n) is 6.53. The molecule has 1 aliphatic carbocycles. The number of fused-ring (bicyclic) bond motifs is 1. The second-order valence-corrected chi connectivity index (χ2v) is 6.53. The van der Waals surface area contributed by atoms with Crippen molar-refractivity contribution in [3.63, 3.8) is 0 Å². The fraction of sp³-hybridized carbons (Fsp3) is 0.812. The van der Waals surface area contributed by atoms with E-state index in [0.29, 0.717) is 18.3 Å². The number of hydrogen-bond donors (Lipinski definition) is 1. The zero-order valence-electron chi connectivity index (χ0n) is 12.9. The van der Waals surface area contributed by atoms with Gasteiger partial charge in [-0.3, -0.25) is 4.79 Å². The van der Waals surface area contributed by atoms with E-state index < -0.39 is 5.79 Å². The molecular formula is C16H26O4. The molecule has 4 nitrogen and oxygen atoms in total. The zero-order valence-corrected chi connectivity index (χ0v) is 12.9. The monoisotopic (exact) mass is 282 g/mol. The molecule has 20 heavy (non-hydrogen) atoms. The Labute approximate surface area is 121 Å². The first-order valence-corrected chi connectivity index (χ1v) is 7.53. The zero-order chi connectivity index (χ0) is 14.9. The Morgan fingerprint density at radius 1 is 1.50 bits per heavy atom. The van der Waals surface area contributed by atoms with Gasteiger partial charge in [-0.05, 0) is 42.6 Å². The van der Waals surface area contributed by atoms with Gasteiger partial charge in [-0.25, -0.2) is 0 Å². The van der Waals surface area contributed by atoms with E-state index in [4.69, 9.17) is 9.47 Å². The summed E-state index contributed by atoms with van der Waals surface area (Å²) in [5, 5.41) is 10.1. The fourth-order valence-electron chi connectivity index (χ4n) is 3.61. The minimum atomic E-state index is -1.09. The highest BCUT2D eigenvalue weighted by atomic mass is 16.6. The largest absolute Gasteiger partial charge is 0.471 e. The van der Waals surface area contributed by atoms with Crippen LogP contribution in [0, 0.1) is 23.7 Å². The van der Waals surface area contributed by atoms with Crippen LogP contribution in [-0.4, -0.2) is 24.0 Å². The van der Waals surface area contributed by atoms with Crippen molar-refractivity contribution in [2.45, 2.75) is 52.2 Å². The number of carbonyl (C=O) groups is 1. The summed E-state index contributed by atoms with van der Waals surface area (Å²) in [6.07, 6.45) is 5.34. The van der Waals surface area contributed by atoms with Gasteiger partial charge in [-0.2, -0.15) is 0 Å². The van der Waals surface area contributed by atoms with Crippen molar-refractivity contribution < 1.29 is 19.4 Å². The molecule has 0 saturated heterocycles. The first kappa shape index (κ1) is 15.4. The molecule has 1 heterocycles. The molecule has 1 saturated carbocycles. The van der Waals surface area contributed by atoms with Gasteiger partial charge in [-0.1, -0.05) is 13.8 Å². The van der Waals surface area contributed by atoms with Crippen LogP contribution in [0.5, 0.6) is 0 Å². The number of methoxy groups -OCH3 is 1. The highest BCUT2D eigenvalue weighted by molar-refractivity contribution is 5.72. The lowest BCUT2D eigenvalue weighted by Crippen LogP contribution is -2.33. The molecule has 0 bridgehead atoms. The van der Waals surface area contributed by atoms with Crippen molar-refractivity contribution in [3.05, 3.63) is 11.8 Å². The van der Waals surface area contributed by atoms with Crippen LogP contribution in [0.15, 0.2) is 11.8 Å². The molecule has 114 valence electrons. The van der Waals surface area contributed by atoms with Gasteiger partial charge >= 0.3 is 5.97 Å². The molecule has 0 aromatic rings. The average Bonchev–Trinajstić information content (AvgIpc) is 2.57. The molecule has 1 aliphatic heterocycles. The molecule has 0 radical (unpaired) electrons. The number of hydrogen-bond acceptors (Lipinski definition) is 4. The number of ether oxygens (including phenoxy) is 2. The lowest BCUT2D eigenvalue weighted by atomic mass is 9.66. The Morgan fingerprint density at radius 2 is 2.20 bits per heavy atom. The van der Waals surface area contributed by atoms with Crippen LogP contribution in [0.4, 0.5) is 0 Å². The van der Waals surface area contributed by atoms with Gasteiger partial charge in [0.2, 0.25) is 5.79 Å². The Balaban J connectivity index is 2.26. The molecule has 1 unspecified atom stereocenters. The minimum Gasteiger partial charge on any atom is -0.471 e. The van der Waals surface area contributed by atoms with E-state index in [9.17, 15) is 9.90 Å². The maximum absolute atomic E-state index is 11.8. The summed E-state index contributed by atoms with van der Waals surface area (Å²) in [5.41, 5.74) is 1.18. The van der Waals surface area contributed by atoms with Gasteiger partial charge in [0, 0.05) is 13.3 Å². The number of carbonyl (C=O) groups excluding carboxylic acids is 1. The molecule has 0 spiro atoms. The van der Waals surface area contributed by atoms with Crippen molar-refractivity contribution in [1.82, 2.24) is 0 Å². The third kappa shape index (κ3) is 3.00. The van der Waals surface area contributed by atoms with E-state index in [1.807, 2.05) is 6.92 Å². The van der Waals surface area contributed by atoms with Crippen LogP contribution in [0.2, 0.25) is 0 Å². The summed E-state index contributed by atoms with van der Waals surface area (Å²) in [4.78, 5) is 11.8. The third-order valence-electron chi connectivity index (χ3n) is 5.02. The Bertz CT molecular complexity index is 399. The Morgan fingerprint density at radius 3 is 2.85 bits per heavy atom. The predicted molar refractivity (Wildman–Crippen MR) is 75.6 cm³/mol. The molecule has 2 rings (SSSR count). The highest BCUT2D eigenvalue weighted by Crippen LogP contribution is 2.46. The van der Waals surface area contributed by atoms with E-state index in [0.717, 1.165) is 19.3 Å². The van der Waals surface area contributed by atoms with Crippen molar-refractivity contribution in [3.8, 4) is 0 Å². The topological polar surface area (TPSA) is 55.8 Å². The van der Waals surface area contributed by atoms with Gasteiger partial charge in [0.25, 0.3) is 0 Å². The van der Waals surface area contributed by atoms with Crippen molar-refractivity contribution in [2.24, 2.45) is 23.7 Å². The smallest absolute Gasteiger partial charge is 0.308 e. The summed E-state index contributed by atoms with van der Waals surface area (Å²) in [6.45, 7) is 5.87. The first-order valence-electron chi connectivity index (χ1n) is 7.53. The number of rotatable bonds is 2. The highest BCUT2D eigenvalue weighted by Gasteiger charge is 2.41. The molecule has 4 heteroatoms. The van der Waals surface area contributed by atoms with E-state index in [1.54, 1.807) is 13.2 Å².